The molecule has 0 aliphatic carbocycles. The van der Waals surface area contributed by atoms with Crippen LogP contribution in [-0.2, 0) is 24.3 Å². The first-order valence-corrected chi connectivity index (χ1v) is 11.2. The van der Waals surface area contributed by atoms with Gasteiger partial charge in [0.15, 0.2) is 0 Å². The number of fused-ring (bicyclic) bond motifs is 1. The van der Waals surface area contributed by atoms with Gasteiger partial charge in [0.25, 0.3) is 5.91 Å². The minimum Gasteiger partial charge on any atom is -0.497 e. The van der Waals surface area contributed by atoms with Crippen LogP contribution in [0.1, 0.15) is 66.5 Å². The average molecular weight is 428 g/mol. The Hall–Kier alpha value is -2.54. The Morgan fingerprint density at radius 3 is 2.84 bits per heavy atom. The summed E-state index contributed by atoms with van der Waals surface area (Å²) in [7, 11) is 3.19. The van der Waals surface area contributed by atoms with Gasteiger partial charge < -0.3 is 19.1 Å². The molecule has 0 saturated carbocycles. The maximum Gasteiger partial charge on any atom is 0.258 e. The summed E-state index contributed by atoms with van der Waals surface area (Å²) in [5, 5.41) is 5.04. The fraction of sp³-hybridized carbons (Fsp3) is 0.583. The molecule has 1 fully saturated rings. The second kappa shape index (κ2) is 9.30. The van der Waals surface area contributed by atoms with Gasteiger partial charge in [-0.2, -0.15) is 5.10 Å². The third kappa shape index (κ3) is 4.28. The van der Waals surface area contributed by atoms with E-state index in [0.717, 1.165) is 44.5 Å². The molecule has 7 nitrogen and oxygen atoms in total. The molecule has 7 heteroatoms. The third-order valence-electron chi connectivity index (χ3n) is 6.18. The minimum atomic E-state index is -0.0445. The number of piperidine rings is 1. The fourth-order valence-electron chi connectivity index (χ4n) is 4.69. The number of nitrogens with zero attached hydrogens (tertiary/aromatic N) is 3. The molecule has 1 unspecified atom stereocenters. The van der Waals surface area contributed by atoms with Crippen molar-refractivity contribution in [1.29, 1.82) is 0 Å². The molecular formula is C24H33N3O4. The largest absolute Gasteiger partial charge is 0.497 e. The number of ether oxygens (including phenoxy) is 3. The number of likely N-dealkylation sites (tertiary alicyclic amines) is 1. The predicted molar refractivity (Wildman–Crippen MR) is 118 cm³/mol. The first-order valence-electron chi connectivity index (χ1n) is 11.2. The van der Waals surface area contributed by atoms with Crippen molar-refractivity contribution in [2.75, 3.05) is 27.4 Å². The van der Waals surface area contributed by atoms with Crippen molar-refractivity contribution in [2.24, 2.45) is 5.92 Å². The average Bonchev–Trinajstić information content (AvgIpc) is 3.16. The van der Waals surface area contributed by atoms with Crippen LogP contribution < -0.4 is 9.47 Å². The predicted octanol–water partition coefficient (Wildman–Crippen LogP) is 4.00. The molecule has 2 aliphatic heterocycles. The highest BCUT2D eigenvalue weighted by atomic mass is 16.5. The number of rotatable bonds is 6. The van der Waals surface area contributed by atoms with Crippen molar-refractivity contribution in [1.82, 2.24) is 14.7 Å². The Bertz CT molecular complexity index is 937. The van der Waals surface area contributed by atoms with E-state index in [1.54, 1.807) is 26.4 Å². The molecular weight excluding hydrogens is 394 g/mol. The van der Waals surface area contributed by atoms with E-state index in [1.165, 1.54) is 11.3 Å². The molecule has 2 aromatic rings. The van der Waals surface area contributed by atoms with Crippen LogP contribution >= 0.6 is 0 Å². The molecule has 1 amide bonds. The van der Waals surface area contributed by atoms with E-state index in [-0.39, 0.29) is 11.9 Å². The van der Waals surface area contributed by atoms with Crippen LogP contribution in [0.4, 0.5) is 0 Å². The van der Waals surface area contributed by atoms with Crippen molar-refractivity contribution in [2.45, 2.75) is 58.7 Å². The van der Waals surface area contributed by atoms with Gasteiger partial charge in [-0.25, -0.2) is 0 Å². The maximum absolute atomic E-state index is 13.7. The van der Waals surface area contributed by atoms with E-state index in [2.05, 4.69) is 18.5 Å². The smallest absolute Gasteiger partial charge is 0.258 e. The van der Waals surface area contributed by atoms with Gasteiger partial charge in [0.05, 0.1) is 44.7 Å². The second-order valence-corrected chi connectivity index (χ2v) is 8.77. The summed E-state index contributed by atoms with van der Waals surface area (Å²) in [4.78, 5) is 15.6. The number of carbonyl (C=O) groups excluding carboxylic acids is 1. The number of carbonyl (C=O) groups is 1. The lowest BCUT2D eigenvalue weighted by Crippen LogP contribution is -2.39. The lowest BCUT2D eigenvalue weighted by atomic mass is 9.94. The van der Waals surface area contributed by atoms with Crippen molar-refractivity contribution >= 4 is 5.91 Å². The maximum atomic E-state index is 13.7. The zero-order chi connectivity index (χ0) is 22.0. The fourth-order valence-corrected chi connectivity index (χ4v) is 4.69. The summed E-state index contributed by atoms with van der Waals surface area (Å²) < 4.78 is 18.8. The van der Waals surface area contributed by atoms with Crippen molar-refractivity contribution in [3.63, 3.8) is 0 Å². The molecule has 4 rings (SSSR count). The van der Waals surface area contributed by atoms with Crippen LogP contribution in [0.2, 0.25) is 0 Å². The lowest BCUT2D eigenvalue weighted by molar-refractivity contribution is 0.0592. The van der Waals surface area contributed by atoms with Crippen LogP contribution in [0, 0.1) is 5.92 Å². The van der Waals surface area contributed by atoms with Gasteiger partial charge in [-0.15, -0.1) is 0 Å². The Morgan fingerprint density at radius 1 is 1.26 bits per heavy atom. The van der Waals surface area contributed by atoms with Crippen LogP contribution in [0.15, 0.2) is 18.2 Å². The first-order chi connectivity index (χ1) is 15.0. The monoisotopic (exact) mass is 427 g/mol. The van der Waals surface area contributed by atoms with Crippen molar-refractivity contribution < 1.29 is 19.0 Å². The van der Waals surface area contributed by atoms with Gasteiger partial charge in [0.1, 0.15) is 11.5 Å². The molecule has 1 atom stereocenters. The van der Waals surface area contributed by atoms with Crippen LogP contribution in [-0.4, -0.2) is 48.0 Å². The van der Waals surface area contributed by atoms with E-state index in [1.807, 2.05) is 11.0 Å². The molecule has 0 radical (unpaired) electrons. The molecule has 168 valence electrons. The number of hydrogen-bond acceptors (Lipinski definition) is 5. The molecule has 0 N–H and O–H groups in total. The van der Waals surface area contributed by atoms with Crippen LogP contribution in [0.3, 0.4) is 0 Å². The molecule has 0 spiro atoms. The standard InChI is InChI=1S/C24H33N3O4/c1-16(2)14-27-20-10-12-31-15-19(20)23(25-27)21-7-5-6-11-26(21)24(28)18-9-8-17(29-3)13-22(18)30-4/h8-9,13,16,21H,5-7,10-12,14-15H2,1-4H3. The van der Waals surface area contributed by atoms with Gasteiger partial charge in [-0.05, 0) is 37.3 Å². The Morgan fingerprint density at radius 2 is 2.10 bits per heavy atom. The van der Waals surface area contributed by atoms with Gasteiger partial charge in [-0.3, -0.25) is 9.48 Å². The van der Waals surface area contributed by atoms with Gasteiger partial charge in [0.2, 0.25) is 0 Å². The highest BCUT2D eigenvalue weighted by Gasteiger charge is 2.35. The van der Waals surface area contributed by atoms with Crippen molar-refractivity contribution in [3.8, 4) is 11.5 Å². The normalized spacial score (nSPS) is 18.7. The molecule has 2 aliphatic rings. The summed E-state index contributed by atoms with van der Waals surface area (Å²) in [6, 6.07) is 5.32. The lowest BCUT2D eigenvalue weighted by Gasteiger charge is -2.36. The zero-order valence-electron chi connectivity index (χ0n) is 19.0. The van der Waals surface area contributed by atoms with Gasteiger partial charge in [-0.1, -0.05) is 13.8 Å². The van der Waals surface area contributed by atoms with Crippen molar-refractivity contribution in [3.05, 3.63) is 40.7 Å². The Balaban J connectivity index is 1.70. The second-order valence-electron chi connectivity index (χ2n) is 8.77. The summed E-state index contributed by atoms with van der Waals surface area (Å²) in [6.45, 7) is 7.32. The SMILES string of the molecule is COc1ccc(C(=O)N2CCCCC2c2nn(CC(C)C)c3c2COCC3)c(OC)c1. The molecule has 1 saturated heterocycles. The van der Waals surface area contributed by atoms with Gasteiger partial charge >= 0.3 is 0 Å². The van der Waals surface area contributed by atoms with E-state index >= 15 is 0 Å². The first kappa shape index (κ1) is 21.7. The molecule has 1 aromatic carbocycles. The van der Waals surface area contributed by atoms with Gasteiger partial charge in [0, 0.05) is 36.8 Å². The number of hydrogen-bond donors (Lipinski definition) is 0. The summed E-state index contributed by atoms with van der Waals surface area (Å²) in [5.41, 5.74) is 4.02. The number of amides is 1. The topological polar surface area (TPSA) is 65.8 Å². The summed E-state index contributed by atoms with van der Waals surface area (Å²) >= 11 is 0. The number of benzene rings is 1. The molecule has 0 bridgehead atoms. The summed E-state index contributed by atoms with van der Waals surface area (Å²) in [5.74, 6) is 1.69. The zero-order valence-corrected chi connectivity index (χ0v) is 19.0. The molecule has 31 heavy (non-hydrogen) atoms. The number of methoxy groups -OCH3 is 2. The Labute approximate surface area is 184 Å². The Kier molecular flexibility index (Phi) is 6.51. The minimum absolute atomic E-state index is 0.0203. The van der Waals surface area contributed by atoms with E-state index in [9.17, 15) is 4.79 Å². The van der Waals surface area contributed by atoms with E-state index < -0.39 is 0 Å². The third-order valence-corrected chi connectivity index (χ3v) is 6.18. The molecule has 1 aromatic heterocycles. The summed E-state index contributed by atoms with van der Waals surface area (Å²) in [6.07, 6.45) is 3.87. The highest BCUT2D eigenvalue weighted by Crippen LogP contribution is 2.37. The van der Waals surface area contributed by atoms with Crippen LogP contribution in [0.25, 0.3) is 0 Å². The molecule has 3 heterocycles. The van der Waals surface area contributed by atoms with Crippen LogP contribution in [0.5, 0.6) is 11.5 Å². The quantitative estimate of drug-likeness (QED) is 0.697. The number of aromatic nitrogens is 2. The van der Waals surface area contributed by atoms with E-state index in [4.69, 9.17) is 19.3 Å². The van der Waals surface area contributed by atoms with E-state index in [0.29, 0.717) is 36.1 Å². The highest BCUT2D eigenvalue weighted by molar-refractivity contribution is 5.97.